The highest BCUT2D eigenvalue weighted by molar-refractivity contribution is 7.90. The van der Waals surface area contributed by atoms with Crippen LogP contribution in [0.5, 0.6) is 0 Å². The quantitative estimate of drug-likeness (QED) is 0.186. The van der Waals surface area contributed by atoms with Gasteiger partial charge >= 0.3 is 12.1 Å². The number of hydrogen-bond acceptors (Lipinski definition) is 9. The van der Waals surface area contributed by atoms with Crippen molar-refractivity contribution in [3.63, 3.8) is 0 Å². The summed E-state index contributed by atoms with van der Waals surface area (Å²) in [5.41, 5.74) is -0.290. The third-order valence-electron chi connectivity index (χ3n) is 10.1. The Labute approximate surface area is 329 Å². The molecule has 0 saturated carbocycles. The van der Waals surface area contributed by atoms with E-state index in [2.05, 4.69) is 5.32 Å². The fourth-order valence-corrected chi connectivity index (χ4v) is 7.96. The number of sulfonamides is 1. The first kappa shape index (κ1) is 48.1. The second-order valence-electron chi connectivity index (χ2n) is 15.2. The number of carbonyl (C=O) groups is 5. The molecular formula is C38H59F3N6O8S. The van der Waals surface area contributed by atoms with E-state index in [1.165, 1.54) is 20.1 Å². The Bertz CT molecular complexity index is 1680. The molecule has 0 aliphatic carbocycles. The predicted octanol–water partition coefficient (Wildman–Crippen LogP) is 3.93. The maximum absolute atomic E-state index is 14.1. The summed E-state index contributed by atoms with van der Waals surface area (Å²) in [5, 5.41) is 4.58. The average molecular weight is 817 g/mol. The van der Waals surface area contributed by atoms with Gasteiger partial charge in [-0.05, 0) is 75.9 Å². The van der Waals surface area contributed by atoms with Crippen LogP contribution in [0.15, 0.2) is 40.8 Å². The molecule has 1 saturated heterocycles. The van der Waals surface area contributed by atoms with Crippen LogP contribution in [0.3, 0.4) is 0 Å². The lowest BCUT2D eigenvalue weighted by Gasteiger charge is -2.40. The van der Waals surface area contributed by atoms with Gasteiger partial charge in [-0.25, -0.2) is 13.1 Å². The highest BCUT2D eigenvalue weighted by Gasteiger charge is 2.41. The minimum Gasteiger partial charge on any atom is -0.379 e. The number of likely N-dealkylation sites (N-methyl/N-ethyl adjacent to an activating group) is 2. The number of carbonyl (C=O) groups excluding carboxylic acids is 5. The van der Waals surface area contributed by atoms with E-state index in [4.69, 9.17) is 4.74 Å². The number of amides is 5. The summed E-state index contributed by atoms with van der Waals surface area (Å²) >= 11 is 0. The molecule has 1 aromatic carbocycles. The lowest BCUT2D eigenvalue weighted by Crippen LogP contribution is -2.59. The molecule has 1 aliphatic heterocycles. The van der Waals surface area contributed by atoms with E-state index < -0.39 is 63.2 Å². The Morgan fingerprint density at radius 2 is 1.59 bits per heavy atom. The van der Waals surface area contributed by atoms with Crippen LogP contribution in [0, 0.1) is 17.8 Å². The highest BCUT2D eigenvalue weighted by Crippen LogP contribution is 2.27. The number of benzene rings is 1. The van der Waals surface area contributed by atoms with Gasteiger partial charge < -0.3 is 25.2 Å². The molecule has 1 fully saturated rings. The maximum Gasteiger partial charge on any atom is 0.471 e. The van der Waals surface area contributed by atoms with Gasteiger partial charge in [0.25, 0.3) is 15.9 Å². The fourth-order valence-electron chi connectivity index (χ4n) is 6.94. The minimum atomic E-state index is -5.14. The van der Waals surface area contributed by atoms with Crippen molar-refractivity contribution in [1.82, 2.24) is 24.7 Å². The molecule has 1 heterocycles. The smallest absolute Gasteiger partial charge is 0.379 e. The van der Waals surface area contributed by atoms with Crippen molar-refractivity contribution in [1.29, 1.82) is 0 Å². The van der Waals surface area contributed by atoms with Gasteiger partial charge in [0.1, 0.15) is 6.04 Å². The molecule has 316 valence electrons. The van der Waals surface area contributed by atoms with Crippen LogP contribution in [0.25, 0.3) is 0 Å². The largest absolute Gasteiger partial charge is 0.471 e. The third-order valence-corrected chi connectivity index (χ3v) is 11.4. The first-order chi connectivity index (χ1) is 25.9. The SMILES string of the molecule is CCC(C)C([C@@H](CC(=O)N1CCC[C@H]1/C=C(\C)C(=O)NS(=O)(=O)c1ccc(NC(=O)C(F)(F)F)cc1)OC)N(C)C(=O)[C@@H](NC(=O)C(C(C)C)N(C)C)C(C)C. The maximum atomic E-state index is 14.1. The number of likely N-dealkylation sites (tertiary alicyclic amines) is 1. The molecule has 6 atom stereocenters. The topological polar surface area (TPSA) is 175 Å². The van der Waals surface area contributed by atoms with Crippen molar-refractivity contribution < 1.29 is 50.3 Å². The van der Waals surface area contributed by atoms with Crippen molar-refractivity contribution in [2.75, 3.05) is 40.1 Å². The van der Waals surface area contributed by atoms with E-state index in [0.29, 0.717) is 25.8 Å². The van der Waals surface area contributed by atoms with Crippen molar-refractivity contribution in [3.05, 3.63) is 35.9 Å². The second-order valence-corrected chi connectivity index (χ2v) is 16.9. The zero-order chi connectivity index (χ0) is 42.9. The van der Waals surface area contributed by atoms with Gasteiger partial charge in [-0.15, -0.1) is 0 Å². The summed E-state index contributed by atoms with van der Waals surface area (Å²) in [5.74, 6) is -4.40. The van der Waals surface area contributed by atoms with Gasteiger partial charge in [-0.3, -0.25) is 28.9 Å². The summed E-state index contributed by atoms with van der Waals surface area (Å²) < 4.78 is 71.3. The molecule has 56 heavy (non-hydrogen) atoms. The van der Waals surface area contributed by atoms with Gasteiger partial charge in [0.15, 0.2) is 0 Å². The number of alkyl halides is 3. The first-order valence-electron chi connectivity index (χ1n) is 18.7. The number of halogens is 3. The molecule has 5 amide bonds. The van der Waals surface area contributed by atoms with Crippen molar-refractivity contribution >= 4 is 45.2 Å². The number of methoxy groups -OCH3 is 1. The Kier molecular flexibility index (Phi) is 17.5. The number of ether oxygens (including phenoxy) is 1. The first-order valence-corrected chi connectivity index (χ1v) is 20.2. The summed E-state index contributed by atoms with van der Waals surface area (Å²) in [4.78, 5) is 70.1. The third kappa shape index (κ3) is 12.7. The normalized spacial score (nSPS) is 18.0. The summed E-state index contributed by atoms with van der Waals surface area (Å²) in [7, 11) is 2.29. The number of nitrogens with one attached hydrogen (secondary N) is 3. The minimum absolute atomic E-state index is 0.00159. The molecule has 0 bridgehead atoms. The van der Waals surface area contributed by atoms with Crippen LogP contribution in [0.4, 0.5) is 18.9 Å². The average Bonchev–Trinajstić information content (AvgIpc) is 3.57. The lowest BCUT2D eigenvalue weighted by molar-refractivity contribution is -0.167. The molecule has 1 aromatic rings. The zero-order valence-corrected chi connectivity index (χ0v) is 35.0. The Morgan fingerprint density at radius 3 is 2.07 bits per heavy atom. The summed E-state index contributed by atoms with van der Waals surface area (Å²) in [6, 6.07) is 1.42. The lowest BCUT2D eigenvalue weighted by atomic mass is 9.89. The monoisotopic (exact) mass is 816 g/mol. The van der Waals surface area contributed by atoms with Crippen LogP contribution < -0.4 is 15.4 Å². The van der Waals surface area contributed by atoms with E-state index in [9.17, 15) is 45.6 Å². The highest BCUT2D eigenvalue weighted by atomic mass is 32.2. The Morgan fingerprint density at radius 1 is 1.00 bits per heavy atom. The number of hydrogen-bond donors (Lipinski definition) is 3. The van der Waals surface area contributed by atoms with E-state index in [-0.39, 0.29) is 53.2 Å². The predicted molar refractivity (Wildman–Crippen MR) is 205 cm³/mol. The van der Waals surface area contributed by atoms with E-state index >= 15 is 0 Å². The Balaban J connectivity index is 2.24. The molecule has 0 spiro atoms. The van der Waals surface area contributed by atoms with E-state index in [1.807, 2.05) is 65.3 Å². The molecule has 1 aliphatic rings. The van der Waals surface area contributed by atoms with Gasteiger partial charge in [0.05, 0.1) is 35.5 Å². The van der Waals surface area contributed by atoms with Gasteiger partial charge in [0, 0.05) is 32.0 Å². The fraction of sp³-hybridized carbons (Fsp3) is 0.658. The van der Waals surface area contributed by atoms with Gasteiger partial charge in [-0.2, -0.15) is 13.2 Å². The van der Waals surface area contributed by atoms with Gasteiger partial charge in [-0.1, -0.05) is 54.0 Å². The Hall–Kier alpha value is -4.03. The molecule has 3 N–H and O–H groups in total. The molecule has 0 radical (unpaired) electrons. The van der Waals surface area contributed by atoms with Crippen LogP contribution in [-0.4, -0.2) is 124 Å². The van der Waals surface area contributed by atoms with Crippen LogP contribution in [0.1, 0.15) is 74.1 Å². The molecular weight excluding hydrogens is 758 g/mol. The standard InChI is InChI=1S/C38H59F3N6O8S/c1-12-24(6)33(46(10)36(51)31(22(2)3)43-35(50)32(23(4)5)45(8)9)29(55-11)21-30(48)47-19-13-14-27(47)20-25(7)34(49)44-56(53,54)28-17-15-26(16-18-28)42-37(52)38(39,40)41/h15-18,20,22-24,27,29,31-33H,12-14,19,21H2,1-11H3,(H,42,52)(H,43,50)(H,44,49)/b25-20+/t24?,27-,29+,31-,32?,33?/m0/s1. The van der Waals surface area contributed by atoms with Crippen molar-refractivity contribution in [2.45, 2.75) is 115 Å². The molecule has 0 aromatic heterocycles. The second kappa shape index (κ2) is 20.4. The molecule has 18 heteroatoms. The zero-order valence-electron chi connectivity index (χ0n) is 34.2. The van der Waals surface area contributed by atoms with Gasteiger partial charge in [0.2, 0.25) is 17.7 Å². The van der Waals surface area contributed by atoms with Crippen molar-refractivity contribution in [2.24, 2.45) is 17.8 Å². The molecule has 2 rings (SSSR count). The van der Waals surface area contributed by atoms with Crippen LogP contribution >= 0.6 is 0 Å². The number of anilines is 1. The number of rotatable bonds is 18. The number of nitrogens with zero attached hydrogens (tertiary/aromatic N) is 3. The molecule has 14 nitrogen and oxygen atoms in total. The van der Waals surface area contributed by atoms with Crippen molar-refractivity contribution in [3.8, 4) is 0 Å². The summed E-state index contributed by atoms with van der Waals surface area (Å²) in [6.45, 7) is 13.3. The van der Waals surface area contributed by atoms with Crippen LogP contribution in [0.2, 0.25) is 0 Å². The summed E-state index contributed by atoms with van der Waals surface area (Å²) in [6.07, 6.45) is -2.68. The van der Waals surface area contributed by atoms with Crippen LogP contribution in [-0.2, 0) is 38.7 Å². The van der Waals surface area contributed by atoms with E-state index in [1.54, 1.807) is 22.2 Å². The molecule has 3 unspecified atom stereocenters. The van der Waals surface area contributed by atoms with E-state index in [0.717, 1.165) is 24.3 Å².